The van der Waals surface area contributed by atoms with E-state index < -0.39 is 5.92 Å². The summed E-state index contributed by atoms with van der Waals surface area (Å²) in [4.78, 5) is 25.7. The lowest BCUT2D eigenvalue weighted by atomic mass is 9.82. The zero-order valence-corrected chi connectivity index (χ0v) is 16.9. The standard InChI is InChI=1S/C20H28O3.H2OP/c1-5-10-23-20(22)18(16-8-6-7-9-16)19(21)17-14(3)11-13(2)12-15(17)4;1-2/h11-12,16,18H,5-10H2,1-4H3;2H2/q;+1. The van der Waals surface area contributed by atoms with E-state index >= 15 is 0 Å². The number of hydrogen-bond donors (Lipinski definition) is 0. The first-order valence-corrected chi connectivity index (χ1v) is 9.45. The summed E-state index contributed by atoms with van der Waals surface area (Å²) in [7, 11) is 1.17. The number of esters is 1. The number of aryl methyl sites for hydroxylation is 3. The molecule has 2 rings (SSSR count). The number of benzene rings is 1. The van der Waals surface area contributed by atoms with E-state index in [4.69, 9.17) is 9.30 Å². The molecule has 25 heavy (non-hydrogen) atoms. The fourth-order valence-corrected chi connectivity index (χ4v) is 3.82. The Hall–Kier alpha value is -1.54. The number of Topliss-reactive ketones (excluding diaryl/α,β-unsaturated/α-hetero) is 1. The molecule has 1 aliphatic rings. The number of ketones is 1. The van der Waals surface area contributed by atoms with Crippen LogP contribution in [0, 0.1) is 32.6 Å². The topological polar surface area (TPSA) is 60.4 Å². The Bertz CT molecular complexity index is 583. The van der Waals surface area contributed by atoms with Gasteiger partial charge in [-0.15, -0.1) is 0 Å². The third-order valence-corrected chi connectivity index (χ3v) is 4.78. The van der Waals surface area contributed by atoms with Crippen LogP contribution in [0.3, 0.4) is 0 Å². The third-order valence-electron chi connectivity index (χ3n) is 4.78. The molecule has 1 aliphatic carbocycles. The van der Waals surface area contributed by atoms with Gasteiger partial charge in [-0.25, -0.2) is 0 Å². The number of rotatable bonds is 6. The molecule has 1 aromatic rings. The summed E-state index contributed by atoms with van der Waals surface area (Å²) in [6.45, 7) is 8.29. The number of ether oxygens (including phenoxy) is 1. The van der Waals surface area contributed by atoms with Gasteiger partial charge in [0, 0.05) is 5.56 Å². The van der Waals surface area contributed by atoms with Crippen LogP contribution in [-0.4, -0.2) is 18.4 Å². The second-order valence-corrected chi connectivity index (χ2v) is 6.83. The minimum Gasteiger partial charge on any atom is -0.465 e. The molecule has 1 aromatic carbocycles. The van der Waals surface area contributed by atoms with Crippen LogP contribution in [-0.2, 0) is 14.1 Å². The van der Waals surface area contributed by atoms with Gasteiger partial charge in [0.25, 0.3) is 0 Å². The SMILES string of the molecule is CCCOC(=O)C(C(=O)c1c(C)cc(C)cc1C)C1CCCC1.O=[PH2+]. The van der Waals surface area contributed by atoms with Crippen molar-refractivity contribution in [1.29, 1.82) is 0 Å². The molecule has 0 aliphatic heterocycles. The molecular formula is C20H30O4P+. The molecule has 2 atom stereocenters. The molecule has 0 heterocycles. The van der Waals surface area contributed by atoms with Gasteiger partial charge in [0.05, 0.1) is 6.61 Å². The van der Waals surface area contributed by atoms with E-state index in [1.54, 1.807) is 0 Å². The summed E-state index contributed by atoms with van der Waals surface area (Å²) in [6.07, 6.45) is 4.87. The van der Waals surface area contributed by atoms with Crippen molar-refractivity contribution in [2.75, 3.05) is 6.61 Å². The average Bonchev–Trinajstić information content (AvgIpc) is 3.08. The third kappa shape index (κ3) is 5.47. The normalized spacial score (nSPS) is 15.2. The molecule has 2 unspecified atom stereocenters. The predicted molar refractivity (Wildman–Crippen MR) is 102 cm³/mol. The van der Waals surface area contributed by atoms with E-state index in [2.05, 4.69) is 0 Å². The van der Waals surface area contributed by atoms with Crippen molar-refractivity contribution in [3.05, 3.63) is 34.4 Å². The molecule has 0 radical (unpaired) electrons. The summed E-state index contributed by atoms with van der Waals surface area (Å²) < 4.78 is 13.5. The van der Waals surface area contributed by atoms with Crippen LogP contribution in [0.2, 0.25) is 0 Å². The lowest BCUT2D eigenvalue weighted by Crippen LogP contribution is -2.33. The zero-order chi connectivity index (χ0) is 19.0. The van der Waals surface area contributed by atoms with Crippen molar-refractivity contribution in [2.45, 2.75) is 59.8 Å². The van der Waals surface area contributed by atoms with Crippen LogP contribution in [0.25, 0.3) is 0 Å². The summed E-state index contributed by atoms with van der Waals surface area (Å²) in [5.41, 5.74) is 3.76. The first-order chi connectivity index (χ1) is 12.0. The van der Waals surface area contributed by atoms with Gasteiger partial charge in [-0.3, -0.25) is 9.59 Å². The van der Waals surface area contributed by atoms with Gasteiger partial charge in [0.2, 0.25) is 0 Å². The fourth-order valence-electron chi connectivity index (χ4n) is 3.82. The monoisotopic (exact) mass is 365 g/mol. The highest BCUT2D eigenvalue weighted by atomic mass is 31.0. The van der Waals surface area contributed by atoms with Gasteiger partial charge < -0.3 is 4.74 Å². The maximum absolute atomic E-state index is 13.2. The Morgan fingerprint density at radius 1 is 1.12 bits per heavy atom. The highest BCUT2D eigenvalue weighted by molar-refractivity contribution is 7.00. The summed E-state index contributed by atoms with van der Waals surface area (Å²) in [6, 6.07) is 4.03. The van der Waals surface area contributed by atoms with Gasteiger partial charge in [-0.05, 0) is 57.1 Å². The van der Waals surface area contributed by atoms with Crippen molar-refractivity contribution >= 4 is 20.9 Å². The van der Waals surface area contributed by atoms with Crippen molar-refractivity contribution < 1.29 is 18.9 Å². The summed E-state index contributed by atoms with van der Waals surface area (Å²) >= 11 is 0. The average molecular weight is 365 g/mol. The van der Waals surface area contributed by atoms with Crippen LogP contribution >= 0.6 is 9.12 Å². The molecule has 138 valence electrons. The molecule has 0 spiro atoms. The van der Waals surface area contributed by atoms with Crippen LogP contribution in [0.5, 0.6) is 0 Å². The number of hydrogen-bond acceptors (Lipinski definition) is 4. The Morgan fingerprint density at radius 2 is 1.64 bits per heavy atom. The second kappa shape index (κ2) is 10.5. The van der Waals surface area contributed by atoms with Crippen molar-refractivity contribution in [3.8, 4) is 0 Å². The molecule has 0 bridgehead atoms. The summed E-state index contributed by atoms with van der Waals surface area (Å²) in [5, 5.41) is 0. The predicted octanol–water partition coefficient (Wildman–Crippen LogP) is 4.76. The molecule has 0 N–H and O–H groups in total. The molecular weight excluding hydrogens is 335 g/mol. The van der Waals surface area contributed by atoms with Crippen molar-refractivity contribution in [3.63, 3.8) is 0 Å². The smallest absolute Gasteiger partial charge is 0.317 e. The number of carbonyl (C=O) groups is 2. The van der Waals surface area contributed by atoms with Gasteiger partial charge in [-0.1, -0.05) is 42.0 Å². The van der Waals surface area contributed by atoms with Crippen LogP contribution < -0.4 is 0 Å². The first kappa shape index (κ1) is 21.5. The van der Waals surface area contributed by atoms with Gasteiger partial charge in [0.1, 0.15) is 5.92 Å². The Balaban J connectivity index is 0.00000151. The highest BCUT2D eigenvalue weighted by Gasteiger charge is 2.38. The highest BCUT2D eigenvalue weighted by Crippen LogP contribution is 2.35. The van der Waals surface area contributed by atoms with Crippen LogP contribution in [0.4, 0.5) is 0 Å². The van der Waals surface area contributed by atoms with E-state index in [1.165, 1.54) is 9.12 Å². The fraction of sp³-hybridized carbons (Fsp3) is 0.600. The Kier molecular flexibility index (Phi) is 8.99. The first-order valence-electron chi connectivity index (χ1n) is 8.98. The minimum absolute atomic E-state index is 0.0481. The van der Waals surface area contributed by atoms with Crippen molar-refractivity contribution in [1.82, 2.24) is 0 Å². The Morgan fingerprint density at radius 3 is 2.12 bits per heavy atom. The van der Waals surface area contributed by atoms with Gasteiger partial charge in [0.15, 0.2) is 5.78 Å². The van der Waals surface area contributed by atoms with Crippen LogP contribution in [0.15, 0.2) is 12.1 Å². The quantitative estimate of drug-likeness (QED) is 0.316. The van der Waals surface area contributed by atoms with E-state index in [0.717, 1.165) is 48.8 Å². The maximum atomic E-state index is 13.2. The molecule has 0 saturated heterocycles. The Labute approximate surface area is 153 Å². The largest absolute Gasteiger partial charge is 0.465 e. The van der Waals surface area contributed by atoms with E-state index in [-0.39, 0.29) is 17.7 Å². The lowest BCUT2D eigenvalue weighted by molar-refractivity contribution is -0.148. The summed E-state index contributed by atoms with van der Waals surface area (Å²) in [5.74, 6) is -0.882. The van der Waals surface area contributed by atoms with E-state index in [9.17, 15) is 9.59 Å². The molecule has 0 amide bonds. The van der Waals surface area contributed by atoms with Gasteiger partial charge in [-0.2, -0.15) is 0 Å². The molecule has 4 nitrogen and oxygen atoms in total. The van der Waals surface area contributed by atoms with Crippen molar-refractivity contribution in [2.24, 2.45) is 11.8 Å². The molecule has 5 heteroatoms. The zero-order valence-electron chi connectivity index (χ0n) is 15.8. The molecule has 1 saturated carbocycles. The van der Waals surface area contributed by atoms with Crippen LogP contribution in [0.1, 0.15) is 66.1 Å². The maximum Gasteiger partial charge on any atom is 0.317 e. The second-order valence-electron chi connectivity index (χ2n) is 6.83. The van der Waals surface area contributed by atoms with Gasteiger partial charge >= 0.3 is 15.1 Å². The lowest BCUT2D eigenvalue weighted by Gasteiger charge is -2.22. The molecule has 0 aromatic heterocycles. The van der Waals surface area contributed by atoms with E-state index in [1.807, 2.05) is 39.8 Å². The molecule has 1 fully saturated rings. The minimum atomic E-state index is -0.635. The number of carbonyl (C=O) groups excluding carboxylic acids is 2. The van der Waals surface area contributed by atoms with E-state index in [0.29, 0.717) is 12.2 Å².